The van der Waals surface area contributed by atoms with E-state index in [1.807, 2.05) is 61.7 Å². The van der Waals surface area contributed by atoms with E-state index in [0.717, 1.165) is 17.9 Å². The lowest BCUT2D eigenvalue weighted by Gasteiger charge is -2.42. The monoisotopic (exact) mass is 434 g/mol. The molecule has 32 heavy (non-hydrogen) atoms. The van der Waals surface area contributed by atoms with Crippen LogP contribution in [0.15, 0.2) is 75.8 Å². The first kappa shape index (κ1) is 22.0. The number of guanidine groups is 1. The average Bonchev–Trinajstić information content (AvgIpc) is 2.83. The predicted octanol–water partition coefficient (Wildman–Crippen LogP) is 3.89. The Bertz CT molecular complexity index is 977. The lowest BCUT2D eigenvalue weighted by molar-refractivity contribution is 0.0833. The van der Waals surface area contributed by atoms with Crippen molar-refractivity contribution in [2.24, 2.45) is 20.6 Å². The highest BCUT2D eigenvalue weighted by Gasteiger charge is 2.46. The summed E-state index contributed by atoms with van der Waals surface area (Å²) in [6, 6.07) is 20.0. The number of methoxy groups -OCH3 is 1. The maximum atomic E-state index is 9.73. The third kappa shape index (κ3) is 4.83. The molecule has 0 bridgehead atoms. The van der Waals surface area contributed by atoms with Crippen LogP contribution in [0.4, 0.5) is 0 Å². The zero-order chi connectivity index (χ0) is 22.4. The van der Waals surface area contributed by atoms with Gasteiger partial charge in [0, 0.05) is 13.3 Å². The zero-order valence-electron chi connectivity index (χ0n) is 18.5. The summed E-state index contributed by atoms with van der Waals surface area (Å²) in [4.78, 5) is 9.45. The van der Waals surface area contributed by atoms with Crippen molar-refractivity contribution in [3.63, 3.8) is 0 Å². The molecular weight excluding hydrogens is 404 g/mol. The fourth-order valence-corrected chi connectivity index (χ4v) is 4.40. The van der Waals surface area contributed by atoms with Gasteiger partial charge in [-0.05, 0) is 43.4 Å². The first-order chi connectivity index (χ1) is 15.6. The van der Waals surface area contributed by atoms with Crippen LogP contribution in [0.5, 0.6) is 5.75 Å². The Labute approximate surface area is 188 Å². The van der Waals surface area contributed by atoms with Crippen LogP contribution in [-0.2, 0) is 4.74 Å². The molecule has 2 aromatic carbocycles. The quantitative estimate of drug-likeness (QED) is 0.511. The molecule has 168 valence electrons. The minimum Gasteiger partial charge on any atom is -0.486 e. The van der Waals surface area contributed by atoms with Crippen molar-refractivity contribution in [2.75, 3.05) is 20.3 Å². The van der Waals surface area contributed by atoms with Gasteiger partial charge in [0.25, 0.3) is 0 Å². The minimum atomic E-state index is -0.488. The first-order valence-corrected chi connectivity index (χ1v) is 11.0. The van der Waals surface area contributed by atoms with Gasteiger partial charge in [-0.15, -0.1) is 0 Å². The number of hydrogen-bond donors (Lipinski definition) is 2. The van der Waals surface area contributed by atoms with Crippen molar-refractivity contribution in [3.8, 4) is 5.75 Å². The molecule has 0 amide bonds. The molecule has 7 heteroatoms. The molecule has 1 aliphatic heterocycles. The normalized spacial score (nSPS) is 26.8. The molecule has 4 rings (SSSR count). The smallest absolute Gasteiger partial charge is 0.218 e. The lowest BCUT2D eigenvalue weighted by Crippen LogP contribution is -2.50. The summed E-state index contributed by atoms with van der Waals surface area (Å²) in [6.07, 6.45) is 3.23. The largest absolute Gasteiger partial charge is 0.486 e. The molecule has 1 aliphatic carbocycles. The van der Waals surface area contributed by atoms with Crippen molar-refractivity contribution >= 4 is 17.9 Å². The van der Waals surface area contributed by atoms with Gasteiger partial charge in [0.15, 0.2) is 0 Å². The molecule has 1 saturated carbocycles. The van der Waals surface area contributed by atoms with Crippen molar-refractivity contribution < 1.29 is 14.7 Å². The predicted molar refractivity (Wildman–Crippen MR) is 126 cm³/mol. The number of fused-ring (bicyclic) bond motifs is 1. The van der Waals surface area contributed by atoms with Gasteiger partial charge in [-0.3, -0.25) is 0 Å². The van der Waals surface area contributed by atoms with Crippen LogP contribution >= 0.6 is 0 Å². The number of para-hydroxylation sites is 1. The number of oxime groups is 1. The van der Waals surface area contributed by atoms with Gasteiger partial charge in [0.05, 0.1) is 30.3 Å². The van der Waals surface area contributed by atoms with Crippen molar-refractivity contribution in [2.45, 2.75) is 37.8 Å². The number of hydrogen-bond acceptors (Lipinski definition) is 7. The van der Waals surface area contributed by atoms with Gasteiger partial charge < -0.3 is 20.0 Å². The van der Waals surface area contributed by atoms with E-state index >= 15 is 0 Å². The Hall–Kier alpha value is -3.19. The number of benzene rings is 2. The van der Waals surface area contributed by atoms with E-state index in [2.05, 4.69) is 27.6 Å². The average molecular weight is 435 g/mol. The summed E-state index contributed by atoms with van der Waals surface area (Å²) in [6.45, 7) is 2.99. The molecule has 2 aliphatic rings. The van der Waals surface area contributed by atoms with E-state index in [4.69, 9.17) is 14.5 Å². The maximum Gasteiger partial charge on any atom is 0.218 e. The van der Waals surface area contributed by atoms with Gasteiger partial charge in [0.1, 0.15) is 11.9 Å². The third-order valence-corrected chi connectivity index (χ3v) is 6.27. The van der Waals surface area contributed by atoms with E-state index < -0.39 is 5.41 Å². The van der Waals surface area contributed by atoms with E-state index in [0.29, 0.717) is 25.5 Å². The summed E-state index contributed by atoms with van der Waals surface area (Å²) in [5.74, 6) is 1.61. The van der Waals surface area contributed by atoms with Crippen LogP contribution < -0.4 is 10.1 Å². The molecule has 1 fully saturated rings. The Morgan fingerprint density at radius 3 is 2.56 bits per heavy atom. The summed E-state index contributed by atoms with van der Waals surface area (Å²) >= 11 is 0. The number of aliphatic imine (C=N–C) groups is 2. The van der Waals surface area contributed by atoms with Crippen molar-refractivity contribution in [1.29, 1.82) is 0 Å². The molecule has 2 aromatic rings. The van der Waals surface area contributed by atoms with Crippen LogP contribution in [0, 0.1) is 5.41 Å². The summed E-state index contributed by atoms with van der Waals surface area (Å²) in [5.41, 5.74) is 1.47. The number of nitrogens with zero attached hydrogens (tertiary/aromatic N) is 3. The molecule has 0 radical (unpaired) electrons. The Balaban J connectivity index is 1.47. The Kier molecular flexibility index (Phi) is 6.85. The summed E-state index contributed by atoms with van der Waals surface area (Å²) in [5, 5.41) is 16.7. The standard InChI is InChI=1S/C25H30N4O3/c1-25-17-27-24(26-15-21(16-31-2)32-20-11-7-4-8-12-20)28-22(25)13-19(14-23(25)29-30)18-9-5-3-6-10-18/h3-12,17,19,21-22,30H,13-16H2,1-2H3,(H,26,28)/b29-23+/t19?,21?,22-,25?/m1/s1. The molecule has 4 atom stereocenters. The van der Waals surface area contributed by atoms with Gasteiger partial charge in [-0.2, -0.15) is 0 Å². The van der Waals surface area contributed by atoms with E-state index in [-0.39, 0.29) is 18.1 Å². The molecule has 2 N–H and O–H groups in total. The van der Waals surface area contributed by atoms with Gasteiger partial charge in [-0.1, -0.05) is 53.7 Å². The van der Waals surface area contributed by atoms with Gasteiger partial charge in [-0.25, -0.2) is 9.98 Å². The molecule has 0 saturated heterocycles. The SMILES string of the molecule is COCC(CNC1=N[C@@H]2CC(c3ccccc3)C/C(=N\O)C2(C)C=N1)Oc1ccccc1. The van der Waals surface area contributed by atoms with Crippen molar-refractivity contribution in [3.05, 3.63) is 66.2 Å². The first-order valence-electron chi connectivity index (χ1n) is 11.0. The lowest BCUT2D eigenvalue weighted by atomic mass is 9.65. The highest BCUT2D eigenvalue weighted by atomic mass is 16.5. The summed E-state index contributed by atoms with van der Waals surface area (Å²) < 4.78 is 11.4. The number of rotatable bonds is 7. The van der Waals surface area contributed by atoms with Crippen molar-refractivity contribution in [1.82, 2.24) is 5.32 Å². The van der Waals surface area contributed by atoms with Crippen LogP contribution in [0.25, 0.3) is 0 Å². The molecule has 3 unspecified atom stereocenters. The van der Waals surface area contributed by atoms with E-state index in [9.17, 15) is 5.21 Å². The maximum absolute atomic E-state index is 9.73. The fourth-order valence-electron chi connectivity index (χ4n) is 4.40. The summed E-state index contributed by atoms with van der Waals surface area (Å²) in [7, 11) is 1.66. The van der Waals surface area contributed by atoms with Gasteiger partial charge >= 0.3 is 0 Å². The molecule has 0 spiro atoms. The second kappa shape index (κ2) is 9.96. The topological polar surface area (TPSA) is 87.8 Å². The minimum absolute atomic E-state index is 0.0664. The third-order valence-electron chi connectivity index (χ3n) is 6.27. The number of nitrogens with one attached hydrogen (secondary N) is 1. The fraction of sp³-hybridized carbons (Fsp3) is 0.400. The van der Waals surface area contributed by atoms with Crippen LogP contribution in [0.3, 0.4) is 0 Å². The Morgan fingerprint density at radius 1 is 1.16 bits per heavy atom. The molecule has 7 nitrogen and oxygen atoms in total. The number of ether oxygens (including phenoxy) is 2. The van der Waals surface area contributed by atoms with Crippen LogP contribution in [-0.4, -0.2) is 55.5 Å². The van der Waals surface area contributed by atoms with Gasteiger partial charge in [0.2, 0.25) is 5.96 Å². The second-order valence-electron chi connectivity index (χ2n) is 8.49. The molecular formula is C25H30N4O3. The zero-order valence-corrected chi connectivity index (χ0v) is 18.5. The molecule has 1 heterocycles. The molecule has 0 aromatic heterocycles. The van der Waals surface area contributed by atoms with E-state index in [1.54, 1.807) is 7.11 Å². The van der Waals surface area contributed by atoms with Crippen LogP contribution in [0.2, 0.25) is 0 Å². The van der Waals surface area contributed by atoms with Crippen LogP contribution in [0.1, 0.15) is 31.2 Å². The highest BCUT2D eigenvalue weighted by Crippen LogP contribution is 2.43. The highest BCUT2D eigenvalue weighted by molar-refractivity contribution is 6.08. The second-order valence-corrected chi connectivity index (χ2v) is 8.49. The van der Waals surface area contributed by atoms with E-state index in [1.165, 1.54) is 5.56 Å². The Morgan fingerprint density at radius 2 is 1.88 bits per heavy atom.